The molecule has 0 aromatic rings. The molecular weight excluding hydrogens is 158 g/mol. The van der Waals surface area contributed by atoms with Gasteiger partial charge in [0, 0.05) is 0 Å². The van der Waals surface area contributed by atoms with Crippen LogP contribution in [-0.2, 0) is 0 Å². The van der Waals surface area contributed by atoms with Gasteiger partial charge in [-0.1, -0.05) is 0 Å². The summed E-state index contributed by atoms with van der Waals surface area (Å²) in [6.07, 6.45) is 0. The quantitative estimate of drug-likeness (QED) is 0.357. The average Bonchev–Trinajstić information content (AvgIpc) is 0.722. The molecule has 0 fully saturated rings. The minimum absolute atomic E-state index is 0. The summed E-state index contributed by atoms with van der Waals surface area (Å²) in [6.45, 7) is 0. The Bertz CT molecular complexity index is 31.5. The van der Waals surface area contributed by atoms with Gasteiger partial charge in [0.25, 0.3) is 0 Å². The Hall–Kier alpha value is 1.75. The third-order valence-electron chi connectivity index (χ3n) is 0. The molecule has 0 spiro atoms. The van der Waals surface area contributed by atoms with E-state index in [0.717, 1.165) is 0 Å². The Labute approximate surface area is 84.8 Å². The fraction of sp³-hybridized carbons (Fsp3) is 0. The molecule has 40 valence electrons. The van der Waals surface area contributed by atoms with E-state index in [9.17, 15) is 0 Å². The predicted molar refractivity (Wildman–Crippen MR) is 16.2 cm³/mol. The zero-order valence-electron chi connectivity index (χ0n) is 4.29. The van der Waals surface area contributed by atoms with Gasteiger partial charge in [0.05, 0.1) is 0 Å². The smallest absolute Gasteiger partial charge is 0.861 e. The first kappa shape index (κ1) is 22.6. The third-order valence-corrected chi connectivity index (χ3v) is 0. The van der Waals surface area contributed by atoms with E-state index in [2.05, 4.69) is 0 Å². The van der Waals surface area contributed by atoms with Gasteiger partial charge in [-0.05, 0) is 0 Å². The van der Waals surface area contributed by atoms with Gasteiger partial charge in [-0.2, -0.15) is 0 Å². The minimum atomic E-state index is -5.36. The molecule has 0 aromatic heterocycles. The molecule has 0 aliphatic heterocycles. The Balaban J connectivity index is -0.0000000267. The van der Waals surface area contributed by atoms with Gasteiger partial charge in [-0.15, -0.1) is 9.05 Å². The summed E-state index contributed by atoms with van der Waals surface area (Å²) >= 11 is 0. The van der Waals surface area contributed by atoms with Gasteiger partial charge in [-0.25, -0.2) is 0 Å². The van der Waals surface area contributed by atoms with Crippen LogP contribution in [0.5, 0.6) is 0 Å². The molecule has 0 radical (unpaired) electrons. The fourth-order valence-electron chi connectivity index (χ4n) is 0. The van der Waals surface area contributed by atoms with Crippen molar-refractivity contribution in [3.63, 3.8) is 0 Å². The second-order valence-corrected chi connectivity index (χ2v) is 1.57. The molecule has 0 atom stereocenters. The third kappa shape index (κ3) is 115. The van der Waals surface area contributed by atoms with Crippen LogP contribution >= 0.6 is 0 Å². The van der Waals surface area contributed by atoms with Crippen molar-refractivity contribution in [3.05, 3.63) is 0 Å². The maximum atomic E-state index is 8.69. The Kier molecular flexibility index (Phi) is 24.7. The normalized spacial score (nSPS) is 7.50. The minimum Gasteiger partial charge on any atom is -0.861 e. The van der Waals surface area contributed by atoms with Crippen LogP contribution in [-0.4, -0.2) is 36.9 Å². The van der Waals surface area contributed by atoms with Crippen LogP contribution in [0.4, 0.5) is 4.70 Å². The molecule has 0 rings (SSSR count). The van der Waals surface area contributed by atoms with Crippen LogP contribution < -0.4 is 43.9 Å². The zero-order valence-corrected chi connectivity index (χ0v) is 8.70. The van der Waals surface area contributed by atoms with Crippen molar-refractivity contribution in [2.75, 3.05) is 0 Å². The molecule has 0 bridgehead atoms. The summed E-state index contributed by atoms with van der Waals surface area (Å²) in [7, 11) is -5.36. The van der Waals surface area contributed by atoms with E-state index in [1.165, 1.54) is 0 Å². The molecule has 0 aliphatic carbocycles. The molecule has 8 heteroatoms. The van der Waals surface area contributed by atoms with Crippen LogP contribution in [0.15, 0.2) is 0 Å². The van der Waals surface area contributed by atoms with Gasteiger partial charge in [0.1, 0.15) is 0 Å². The zero-order chi connectivity index (χ0) is 4.50. The maximum Gasteiger partial charge on any atom is 2.00 e. The van der Waals surface area contributed by atoms with Crippen molar-refractivity contribution in [2.45, 2.75) is 0 Å². The summed E-state index contributed by atoms with van der Waals surface area (Å²) < 4.78 is 0. The molecule has 8 heavy (non-hydrogen) atoms. The second kappa shape index (κ2) is 8.75. The number of hydrogen-bond donors (Lipinski definition) is 1. The summed E-state index contributed by atoms with van der Waals surface area (Å²) in [4.78, 5) is 33.1. The van der Waals surface area contributed by atoms with Crippen molar-refractivity contribution in [2.24, 2.45) is 0 Å². The van der Waals surface area contributed by atoms with E-state index >= 15 is 0 Å². The van der Waals surface area contributed by atoms with E-state index in [1.807, 2.05) is 0 Å². The second-order valence-electron chi connectivity index (χ2n) is 0.524. The van der Waals surface area contributed by atoms with Gasteiger partial charge in [-0.3, -0.25) is 4.70 Å². The topological polar surface area (TPSA) is 89.4 Å². The molecule has 4 nitrogen and oxygen atoms in total. The summed E-state index contributed by atoms with van der Waals surface area (Å²) in [6, 6.07) is 0. The largest absolute Gasteiger partial charge is 2.00 e. The Morgan fingerprint density at radius 3 is 1.12 bits per heavy atom. The van der Waals surface area contributed by atoms with Crippen molar-refractivity contribution < 1.29 is 53.4 Å². The average molecular weight is 160 g/mol. The fourth-order valence-corrected chi connectivity index (χ4v) is 0. The van der Waals surface area contributed by atoms with Crippen LogP contribution in [0.25, 0.3) is 0 Å². The van der Waals surface area contributed by atoms with Crippen molar-refractivity contribution in [3.8, 4) is 0 Å². The molecular formula is H2FMgNaO4Si. The number of halogens is 1. The van der Waals surface area contributed by atoms with Crippen molar-refractivity contribution >= 4 is 32.1 Å². The first-order valence-corrected chi connectivity index (χ1v) is 2.51. The van der Waals surface area contributed by atoms with Crippen LogP contribution in [0.2, 0.25) is 0 Å². The molecule has 0 aromatic carbocycles. The van der Waals surface area contributed by atoms with E-state index in [0.29, 0.717) is 0 Å². The molecule has 0 saturated heterocycles. The van der Waals surface area contributed by atoms with Crippen molar-refractivity contribution in [1.29, 1.82) is 0 Å². The first-order chi connectivity index (χ1) is 2.00. The van der Waals surface area contributed by atoms with Gasteiger partial charge in [0.2, 0.25) is 0 Å². The predicted octanol–water partition coefficient (Wildman–Crippen LogP) is -7.73. The summed E-state index contributed by atoms with van der Waals surface area (Å²) in [5.74, 6) is 0. The van der Waals surface area contributed by atoms with E-state index < -0.39 is 9.05 Å². The summed E-state index contributed by atoms with van der Waals surface area (Å²) in [5, 5.41) is 0. The molecule has 0 unspecified atom stereocenters. The molecule has 0 amide bonds. The standard InChI is InChI=1S/FH.Mg.Na.HO4Si/c;;;1-5(2,3)4/h1H;;;1H/q;+2;+1;-3. The number of rotatable bonds is 0. The first-order valence-electron chi connectivity index (χ1n) is 0.836. The molecule has 0 heterocycles. The summed E-state index contributed by atoms with van der Waals surface area (Å²) in [5.41, 5.74) is 0. The van der Waals surface area contributed by atoms with Crippen LogP contribution in [0, 0.1) is 0 Å². The van der Waals surface area contributed by atoms with Gasteiger partial charge >= 0.3 is 52.6 Å². The van der Waals surface area contributed by atoms with E-state index in [4.69, 9.17) is 19.2 Å². The SMILES string of the molecule is F.[Mg+2].[Na+].[O-][Si]([O-])([O-])O. The van der Waals surface area contributed by atoms with Crippen LogP contribution in [0.1, 0.15) is 0 Å². The van der Waals surface area contributed by atoms with Crippen molar-refractivity contribution in [1.82, 2.24) is 0 Å². The van der Waals surface area contributed by atoms with E-state index in [-0.39, 0.29) is 57.3 Å². The molecule has 1 N–H and O–H groups in total. The maximum absolute atomic E-state index is 8.69. The molecule has 0 saturated carbocycles. The monoisotopic (exact) mass is 160 g/mol. The number of hydrogen-bond acceptors (Lipinski definition) is 4. The molecule has 0 aliphatic rings. The van der Waals surface area contributed by atoms with Crippen LogP contribution in [0.3, 0.4) is 0 Å². The van der Waals surface area contributed by atoms with Gasteiger partial charge in [0.15, 0.2) is 0 Å². The van der Waals surface area contributed by atoms with E-state index in [1.54, 1.807) is 0 Å². The Morgan fingerprint density at radius 2 is 1.12 bits per heavy atom. The van der Waals surface area contributed by atoms with Gasteiger partial charge < -0.3 is 19.2 Å². The Morgan fingerprint density at radius 1 is 1.12 bits per heavy atom.